The van der Waals surface area contributed by atoms with Crippen molar-refractivity contribution < 1.29 is 13.3 Å². The molecule has 0 amide bonds. The van der Waals surface area contributed by atoms with Crippen LogP contribution in [0.25, 0.3) is 0 Å². The molecule has 2 fully saturated rings. The molecule has 31 heavy (non-hydrogen) atoms. The van der Waals surface area contributed by atoms with Crippen molar-refractivity contribution in [3.8, 4) is 17.9 Å². The van der Waals surface area contributed by atoms with Crippen LogP contribution in [0.2, 0.25) is 0 Å². The molecule has 160 valence electrons. The normalized spacial score (nSPS) is 18.8. The molecule has 2 aromatic rings. The highest BCUT2D eigenvalue weighted by Crippen LogP contribution is 2.35. The van der Waals surface area contributed by atoms with E-state index in [1.54, 1.807) is 36.4 Å². The fourth-order valence-electron chi connectivity index (χ4n) is 3.81. The van der Waals surface area contributed by atoms with Crippen molar-refractivity contribution in [1.29, 1.82) is 10.5 Å². The van der Waals surface area contributed by atoms with Gasteiger partial charge in [-0.1, -0.05) is 18.6 Å². The van der Waals surface area contributed by atoms with Crippen LogP contribution in [0.3, 0.4) is 0 Å². The zero-order chi connectivity index (χ0) is 21.8. The monoisotopic (exact) mass is 438 g/mol. The van der Waals surface area contributed by atoms with Gasteiger partial charge in [-0.3, -0.25) is 0 Å². The molecule has 8 heteroatoms. The van der Waals surface area contributed by atoms with Crippen LogP contribution in [0, 0.1) is 33.9 Å². The molecule has 0 radical (unpaired) electrons. The van der Waals surface area contributed by atoms with Crippen LogP contribution in [0.4, 0.5) is 4.39 Å². The Morgan fingerprint density at radius 2 is 1.90 bits per heavy atom. The minimum absolute atomic E-state index is 0.0184. The lowest BCUT2D eigenvalue weighted by Crippen LogP contribution is -2.64. The number of rotatable bonds is 8. The smallest absolute Gasteiger partial charge is 0.144 e. The second-order valence-corrected chi connectivity index (χ2v) is 9.66. The van der Waals surface area contributed by atoms with Gasteiger partial charge in [0.25, 0.3) is 0 Å². The molecule has 1 N–H and O–H groups in total. The maximum absolute atomic E-state index is 13.9. The Kier molecular flexibility index (Phi) is 6.33. The summed E-state index contributed by atoms with van der Waals surface area (Å²) >= 11 is 0. The topological polar surface area (TPSA) is 89.2 Å². The summed E-state index contributed by atoms with van der Waals surface area (Å²) in [6.07, 6.45) is 3.54. The van der Waals surface area contributed by atoms with Crippen molar-refractivity contribution in [2.24, 2.45) is 5.41 Å². The number of nitrogens with zero attached hydrogens (tertiary/aromatic N) is 3. The zero-order valence-corrected chi connectivity index (χ0v) is 17.8. The van der Waals surface area contributed by atoms with E-state index in [1.165, 1.54) is 18.6 Å². The molecule has 0 spiro atoms. The molecule has 1 heterocycles. The van der Waals surface area contributed by atoms with Gasteiger partial charge in [-0.15, -0.1) is 0 Å². The lowest BCUT2D eigenvalue weighted by atomic mass is 9.81. The van der Waals surface area contributed by atoms with Gasteiger partial charge in [0, 0.05) is 37.2 Å². The first-order chi connectivity index (χ1) is 15.0. The van der Waals surface area contributed by atoms with E-state index in [2.05, 4.69) is 11.4 Å². The molecule has 1 aliphatic carbocycles. The standard InChI is InChI=1S/C23H23FN4O2S/c24-21-10-20(9-8-17(21)11-25)30-16-23(13-27-19-5-3-6-19)14-28(15-23)31(29)22-7-2-1-4-18(22)12-26/h1-2,4,7-10,19,27H,3,5-6,13-16H2. The first-order valence-corrected chi connectivity index (χ1v) is 11.4. The van der Waals surface area contributed by atoms with E-state index in [0.29, 0.717) is 48.5 Å². The van der Waals surface area contributed by atoms with Gasteiger partial charge in [0.15, 0.2) is 0 Å². The van der Waals surface area contributed by atoms with E-state index < -0.39 is 16.8 Å². The highest BCUT2D eigenvalue weighted by atomic mass is 32.2. The molecule has 2 aliphatic rings. The van der Waals surface area contributed by atoms with Crippen molar-refractivity contribution >= 4 is 11.0 Å². The molecule has 6 nitrogen and oxygen atoms in total. The van der Waals surface area contributed by atoms with Crippen LogP contribution >= 0.6 is 0 Å². The van der Waals surface area contributed by atoms with Crippen LogP contribution in [0.5, 0.6) is 5.75 Å². The summed E-state index contributed by atoms with van der Waals surface area (Å²) in [5.41, 5.74) is 0.127. The first-order valence-electron chi connectivity index (χ1n) is 10.3. The highest BCUT2D eigenvalue weighted by molar-refractivity contribution is 7.82. The molecule has 0 aromatic heterocycles. The van der Waals surface area contributed by atoms with Crippen molar-refractivity contribution in [3.63, 3.8) is 0 Å². The van der Waals surface area contributed by atoms with Crippen LogP contribution in [0.1, 0.15) is 30.4 Å². The van der Waals surface area contributed by atoms with Gasteiger partial charge in [0.2, 0.25) is 0 Å². The predicted molar refractivity (Wildman–Crippen MR) is 114 cm³/mol. The maximum atomic E-state index is 13.9. The molecule has 1 aliphatic heterocycles. The number of hydrogen-bond donors (Lipinski definition) is 1. The molecule has 1 saturated carbocycles. The van der Waals surface area contributed by atoms with Crippen LogP contribution in [0.15, 0.2) is 47.4 Å². The number of hydrogen-bond acceptors (Lipinski definition) is 5. The first kappa shape index (κ1) is 21.5. The zero-order valence-electron chi connectivity index (χ0n) is 17.0. The number of nitriles is 2. The SMILES string of the molecule is N#Cc1ccc(OCC2(CNC3CCC3)CN(S(=O)c3ccccc3C#N)C2)cc1F. The Morgan fingerprint density at radius 1 is 1.16 bits per heavy atom. The molecular formula is C23H23FN4O2S. The van der Waals surface area contributed by atoms with Gasteiger partial charge in [0.05, 0.1) is 22.6 Å². The third kappa shape index (κ3) is 4.62. The van der Waals surface area contributed by atoms with Crippen LogP contribution in [-0.2, 0) is 11.0 Å². The minimum atomic E-state index is -1.43. The summed E-state index contributed by atoms with van der Waals surface area (Å²) in [5, 5.41) is 21.8. The summed E-state index contributed by atoms with van der Waals surface area (Å²) in [7, 11) is -1.43. The Balaban J connectivity index is 1.44. The van der Waals surface area contributed by atoms with Gasteiger partial charge < -0.3 is 10.1 Å². The summed E-state index contributed by atoms with van der Waals surface area (Å²) in [6, 6.07) is 15.6. The average molecular weight is 439 g/mol. The van der Waals surface area contributed by atoms with Crippen LogP contribution < -0.4 is 10.1 Å². The lowest BCUT2D eigenvalue weighted by molar-refractivity contribution is 0.0178. The summed E-state index contributed by atoms with van der Waals surface area (Å²) in [5.74, 6) is -0.236. The minimum Gasteiger partial charge on any atom is -0.493 e. The predicted octanol–water partition coefficient (Wildman–Crippen LogP) is 3.11. The molecule has 1 unspecified atom stereocenters. The average Bonchev–Trinajstić information content (AvgIpc) is 2.73. The quantitative estimate of drug-likeness (QED) is 0.684. The fourth-order valence-corrected chi connectivity index (χ4v) is 5.37. The Hall–Kier alpha value is -2.78. The van der Waals surface area contributed by atoms with Gasteiger partial charge in [-0.2, -0.15) is 10.5 Å². The molecule has 0 bridgehead atoms. The molecule has 1 atom stereocenters. The van der Waals surface area contributed by atoms with Gasteiger partial charge in [0.1, 0.15) is 34.7 Å². The van der Waals surface area contributed by atoms with Gasteiger partial charge in [-0.05, 0) is 37.1 Å². The van der Waals surface area contributed by atoms with E-state index in [0.717, 1.165) is 12.8 Å². The number of halogens is 1. The maximum Gasteiger partial charge on any atom is 0.144 e. The summed E-state index contributed by atoms with van der Waals surface area (Å²) in [6.45, 7) is 2.13. The third-order valence-corrected chi connectivity index (χ3v) is 7.39. The van der Waals surface area contributed by atoms with Gasteiger partial charge >= 0.3 is 0 Å². The van der Waals surface area contributed by atoms with Crippen molar-refractivity contribution in [2.75, 3.05) is 26.2 Å². The number of nitrogens with one attached hydrogen (secondary N) is 1. The van der Waals surface area contributed by atoms with Crippen molar-refractivity contribution in [3.05, 3.63) is 59.4 Å². The van der Waals surface area contributed by atoms with E-state index >= 15 is 0 Å². The highest BCUT2D eigenvalue weighted by Gasteiger charge is 2.47. The number of ether oxygens (including phenoxy) is 1. The molecular weight excluding hydrogens is 415 g/mol. The van der Waals surface area contributed by atoms with E-state index in [9.17, 15) is 13.9 Å². The Labute approximate surface area is 183 Å². The molecule has 2 aromatic carbocycles. The molecule has 1 saturated heterocycles. The second kappa shape index (κ2) is 9.15. The summed E-state index contributed by atoms with van der Waals surface area (Å²) in [4.78, 5) is 0.514. The second-order valence-electron chi connectivity index (χ2n) is 8.21. The van der Waals surface area contributed by atoms with E-state index in [-0.39, 0.29) is 11.0 Å². The van der Waals surface area contributed by atoms with Gasteiger partial charge in [-0.25, -0.2) is 12.9 Å². The van der Waals surface area contributed by atoms with E-state index in [4.69, 9.17) is 10.00 Å². The molecule has 4 rings (SSSR count). The summed E-state index contributed by atoms with van der Waals surface area (Å²) < 4.78 is 34.7. The van der Waals surface area contributed by atoms with Crippen molar-refractivity contribution in [2.45, 2.75) is 30.2 Å². The largest absolute Gasteiger partial charge is 0.493 e. The third-order valence-electron chi connectivity index (χ3n) is 5.93. The van der Waals surface area contributed by atoms with Crippen LogP contribution in [-0.4, -0.2) is 40.8 Å². The fraction of sp³-hybridized carbons (Fsp3) is 0.391. The Morgan fingerprint density at radius 3 is 2.55 bits per heavy atom. The lowest BCUT2D eigenvalue weighted by Gasteiger charge is -2.49. The Bertz CT molecular complexity index is 1070. The van der Waals surface area contributed by atoms with E-state index in [1.807, 2.05) is 4.31 Å². The number of benzene rings is 2. The van der Waals surface area contributed by atoms with Crippen molar-refractivity contribution in [1.82, 2.24) is 9.62 Å².